The molecular formula is C27H47NO2. The van der Waals surface area contributed by atoms with Crippen molar-refractivity contribution in [2.45, 2.75) is 117 Å². The number of benzene rings is 1. The second kappa shape index (κ2) is 18.3. The summed E-state index contributed by atoms with van der Waals surface area (Å²) in [5.41, 5.74) is 1.46. The Kier molecular flexibility index (Phi) is 16.2. The maximum absolute atomic E-state index is 11.4. The van der Waals surface area contributed by atoms with Crippen molar-refractivity contribution >= 4 is 11.7 Å². The summed E-state index contributed by atoms with van der Waals surface area (Å²) in [5, 5.41) is 9.34. The molecule has 1 aromatic rings. The second-order valence-electron chi connectivity index (χ2n) is 8.79. The number of anilines is 1. The van der Waals surface area contributed by atoms with E-state index in [1.54, 1.807) is 6.07 Å². The van der Waals surface area contributed by atoms with Gasteiger partial charge in [0.2, 0.25) is 0 Å². The van der Waals surface area contributed by atoms with E-state index in [1.807, 2.05) is 12.1 Å². The molecule has 0 aliphatic heterocycles. The van der Waals surface area contributed by atoms with Gasteiger partial charge in [0, 0.05) is 18.8 Å². The van der Waals surface area contributed by atoms with Gasteiger partial charge in [-0.2, -0.15) is 0 Å². The predicted molar refractivity (Wildman–Crippen MR) is 131 cm³/mol. The lowest BCUT2D eigenvalue weighted by molar-refractivity contribution is 0.0697. The Bertz CT molecular complexity index is 523. The first-order valence-corrected chi connectivity index (χ1v) is 12.8. The molecule has 172 valence electrons. The highest BCUT2D eigenvalue weighted by Gasteiger charge is 2.10. The van der Waals surface area contributed by atoms with Gasteiger partial charge in [-0.15, -0.1) is 0 Å². The second-order valence-corrected chi connectivity index (χ2v) is 8.79. The van der Waals surface area contributed by atoms with Crippen molar-refractivity contribution in [3.05, 3.63) is 29.8 Å². The third-order valence-electron chi connectivity index (χ3n) is 6.02. The SMILES string of the molecule is CCCCCCCCCCN(CCCCCCCCCC)c1cccc(C(=O)O)c1. The summed E-state index contributed by atoms with van der Waals surface area (Å²) < 4.78 is 0. The molecule has 0 spiro atoms. The summed E-state index contributed by atoms with van der Waals surface area (Å²) in [6.45, 7) is 6.60. The number of unbranched alkanes of at least 4 members (excludes halogenated alkanes) is 14. The molecule has 0 unspecified atom stereocenters. The van der Waals surface area contributed by atoms with E-state index in [0.29, 0.717) is 5.56 Å². The maximum atomic E-state index is 11.4. The van der Waals surface area contributed by atoms with Crippen molar-refractivity contribution < 1.29 is 9.90 Å². The van der Waals surface area contributed by atoms with Crippen LogP contribution in [0.4, 0.5) is 5.69 Å². The van der Waals surface area contributed by atoms with E-state index < -0.39 is 5.97 Å². The average molecular weight is 418 g/mol. The molecule has 0 atom stereocenters. The Balaban J connectivity index is 2.40. The van der Waals surface area contributed by atoms with Crippen molar-refractivity contribution in [3.63, 3.8) is 0 Å². The van der Waals surface area contributed by atoms with Crippen LogP contribution in [0.1, 0.15) is 127 Å². The van der Waals surface area contributed by atoms with Gasteiger partial charge in [-0.3, -0.25) is 0 Å². The topological polar surface area (TPSA) is 40.5 Å². The van der Waals surface area contributed by atoms with Gasteiger partial charge in [-0.25, -0.2) is 4.79 Å². The molecule has 0 bridgehead atoms. The van der Waals surface area contributed by atoms with Crippen LogP contribution in [-0.2, 0) is 0 Å². The lowest BCUT2D eigenvalue weighted by Crippen LogP contribution is -2.26. The van der Waals surface area contributed by atoms with Crippen LogP contribution in [-0.4, -0.2) is 24.2 Å². The van der Waals surface area contributed by atoms with Crippen molar-refractivity contribution in [1.82, 2.24) is 0 Å². The molecule has 30 heavy (non-hydrogen) atoms. The normalized spacial score (nSPS) is 11.0. The van der Waals surface area contributed by atoms with Gasteiger partial charge in [-0.1, -0.05) is 110 Å². The third kappa shape index (κ3) is 12.9. The van der Waals surface area contributed by atoms with Crippen LogP contribution in [0.3, 0.4) is 0 Å². The molecule has 0 radical (unpaired) electrons. The van der Waals surface area contributed by atoms with Gasteiger partial charge in [-0.05, 0) is 31.0 Å². The minimum Gasteiger partial charge on any atom is -0.478 e. The fourth-order valence-corrected chi connectivity index (χ4v) is 4.08. The van der Waals surface area contributed by atoms with Gasteiger partial charge in [0.15, 0.2) is 0 Å². The lowest BCUT2D eigenvalue weighted by Gasteiger charge is -2.25. The fraction of sp³-hybridized carbons (Fsp3) is 0.741. The van der Waals surface area contributed by atoms with E-state index in [4.69, 9.17) is 0 Å². The summed E-state index contributed by atoms with van der Waals surface area (Å²) >= 11 is 0. The molecule has 0 fully saturated rings. The number of carbonyl (C=O) groups is 1. The van der Waals surface area contributed by atoms with E-state index >= 15 is 0 Å². The molecule has 0 heterocycles. The number of rotatable bonds is 20. The van der Waals surface area contributed by atoms with E-state index in [9.17, 15) is 9.90 Å². The first-order chi connectivity index (χ1) is 14.7. The number of aromatic carboxylic acids is 1. The van der Waals surface area contributed by atoms with Crippen LogP contribution >= 0.6 is 0 Å². The molecular weight excluding hydrogens is 370 g/mol. The van der Waals surface area contributed by atoms with Crippen LogP contribution in [0.25, 0.3) is 0 Å². The lowest BCUT2D eigenvalue weighted by atomic mass is 10.1. The molecule has 3 nitrogen and oxygen atoms in total. The molecule has 0 saturated carbocycles. The van der Waals surface area contributed by atoms with Crippen molar-refractivity contribution in [2.24, 2.45) is 0 Å². The van der Waals surface area contributed by atoms with Gasteiger partial charge >= 0.3 is 5.97 Å². The van der Waals surface area contributed by atoms with Crippen LogP contribution in [0.5, 0.6) is 0 Å². The highest BCUT2D eigenvalue weighted by molar-refractivity contribution is 5.88. The van der Waals surface area contributed by atoms with E-state index in [0.717, 1.165) is 18.8 Å². The fourth-order valence-electron chi connectivity index (χ4n) is 4.08. The summed E-state index contributed by atoms with van der Waals surface area (Å²) in [7, 11) is 0. The van der Waals surface area contributed by atoms with Crippen molar-refractivity contribution in [2.75, 3.05) is 18.0 Å². The molecule has 0 aliphatic rings. The Morgan fingerprint density at radius 2 is 1.13 bits per heavy atom. The van der Waals surface area contributed by atoms with Crippen LogP contribution in [0, 0.1) is 0 Å². The number of carboxylic acids is 1. The Morgan fingerprint density at radius 3 is 1.57 bits per heavy atom. The molecule has 1 aromatic carbocycles. The largest absolute Gasteiger partial charge is 0.478 e. The maximum Gasteiger partial charge on any atom is 0.335 e. The molecule has 1 N–H and O–H groups in total. The summed E-state index contributed by atoms with van der Waals surface area (Å²) in [6, 6.07) is 7.49. The highest BCUT2D eigenvalue weighted by Crippen LogP contribution is 2.19. The first-order valence-electron chi connectivity index (χ1n) is 12.8. The van der Waals surface area contributed by atoms with Crippen LogP contribution in [0.15, 0.2) is 24.3 Å². The van der Waals surface area contributed by atoms with Crippen LogP contribution in [0.2, 0.25) is 0 Å². The Hall–Kier alpha value is -1.51. The zero-order valence-electron chi connectivity index (χ0n) is 19.8. The van der Waals surface area contributed by atoms with Crippen molar-refractivity contribution in [1.29, 1.82) is 0 Å². The number of hydrogen-bond donors (Lipinski definition) is 1. The molecule has 0 aromatic heterocycles. The Labute approximate surface area is 186 Å². The van der Waals surface area contributed by atoms with Crippen molar-refractivity contribution in [3.8, 4) is 0 Å². The quantitative estimate of drug-likeness (QED) is 0.216. The van der Waals surface area contributed by atoms with Crippen LogP contribution < -0.4 is 4.90 Å². The van der Waals surface area contributed by atoms with Gasteiger partial charge in [0.05, 0.1) is 5.56 Å². The minimum atomic E-state index is -0.837. The monoisotopic (exact) mass is 417 g/mol. The van der Waals surface area contributed by atoms with E-state index in [2.05, 4.69) is 24.8 Å². The smallest absolute Gasteiger partial charge is 0.335 e. The highest BCUT2D eigenvalue weighted by atomic mass is 16.4. The molecule has 0 aliphatic carbocycles. The molecule has 0 amide bonds. The summed E-state index contributed by atoms with van der Waals surface area (Å²) in [6.07, 6.45) is 21.2. The van der Waals surface area contributed by atoms with Gasteiger partial charge in [0.1, 0.15) is 0 Å². The zero-order valence-corrected chi connectivity index (χ0v) is 19.8. The molecule has 1 rings (SSSR count). The minimum absolute atomic E-state index is 0.393. The number of carboxylic acid groups (broad SMARTS) is 1. The first kappa shape index (κ1) is 26.5. The van der Waals surface area contributed by atoms with Gasteiger partial charge in [0.25, 0.3) is 0 Å². The summed E-state index contributed by atoms with van der Waals surface area (Å²) in [4.78, 5) is 13.8. The number of nitrogens with zero attached hydrogens (tertiary/aromatic N) is 1. The standard InChI is InChI=1S/C27H47NO2/c1-3-5-7-9-11-13-15-17-22-28(23-18-16-14-12-10-8-6-4-2)26-21-19-20-25(24-26)27(29)30/h19-21,24H,3-18,22-23H2,1-2H3,(H,29,30). The number of hydrogen-bond acceptors (Lipinski definition) is 2. The average Bonchev–Trinajstić information content (AvgIpc) is 2.76. The van der Waals surface area contributed by atoms with E-state index in [1.165, 1.54) is 103 Å². The predicted octanol–water partition coefficient (Wildman–Crippen LogP) is 8.47. The zero-order chi connectivity index (χ0) is 21.9. The Morgan fingerprint density at radius 1 is 0.700 bits per heavy atom. The molecule has 3 heteroatoms. The molecule has 0 saturated heterocycles. The third-order valence-corrected chi connectivity index (χ3v) is 6.02. The van der Waals surface area contributed by atoms with E-state index in [-0.39, 0.29) is 0 Å². The summed E-state index contributed by atoms with van der Waals surface area (Å²) in [5.74, 6) is -0.837. The van der Waals surface area contributed by atoms with Gasteiger partial charge < -0.3 is 10.0 Å².